The first-order valence-corrected chi connectivity index (χ1v) is 17.7. The van der Waals surface area contributed by atoms with Crippen molar-refractivity contribution in [3.05, 3.63) is 91.8 Å². The number of anilines is 2. The van der Waals surface area contributed by atoms with Crippen LogP contribution in [0.25, 0.3) is 0 Å². The second kappa shape index (κ2) is 15.2. The molecule has 0 spiro atoms. The normalized spacial score (nSPS) is 15.4. The van der Waals surface area contributed by atoms with Gasteiger partial charge in [-0.3, -0.25) is 34.2 Å². The summed E-state index contributed by atoms with van der Waals surface area (Å²) in [6.45, 7) is -0.262. The van der Waals surface area contributed by atoms with Gasteiger partial charge in [0.25, 0.3) is 29.3 Å². The number of ether oxygens (including phenoxy) is 2. The average molecular weight is 793 g/mol. The van der Waals surface area contributed by atoms with E-state index in [1.165, 1.54) is 11.0 Å². The van der Waals surface area contributed by atoms with Gasteiger partial charge in [-0.05, 0) is 56.0 Å². The Morgan fingerprint density at radius 1 is 1.06 bits per heavy atom. The van der Waals surface area contributed by atoms with Crippen LogP contribution in [0.15, 0.2) is 59.7 Å². The topological polar surface area (TPSA) is 183 Å². The van der Waals surface area contributed by atoms with Crippen molar-refractivity contribution in [1.29, 1.82) is 0 Å². The van der Waals surface area contributed by atoms with Gasteiger partial charge in [0, 0.05) is 29.3 Å². The number of hydrogen-bond acceptors (Lipinski definition) is 10. The highest BCUT2D eigenvalue weighted by Crippen LogP contribution is 2.42. The maximum atomic E-state index is 14.7. The molecule has 20 heteroatoms. The number of fused-ring (bicyclic) bond motifs is 1. The maximum Gasteiger partial charge on any atom is 0.416 e. The number of halogens is 5. The number of carbonyl (C=O) groups excluding carboxylic acids is 4. The predicted octanol–water partition coefficient (Wildman–Crippen LogP) is 5.68. The molecule has 0 aromatic heterocycles. The first kappa shape index (κ1) is 39.2. The molecule has 1 N–H and O–H groups in total. The molecule has 54 heavy (non-hydrogen) atoms. The summed E-state index contributed by atoms with van der Waals surface area (Å²) < 4.78 is 87.2. The van der Waals surface area contributed by atoms with Crippen molar-refractivity contribution in [3.63, 3.8) is 0 Å². The molecule has 4 amide bonds. The van der Waals surface area contributed by atoms with Crippen LogP contribution >= 0.6 is 11.6 Å². The minimum Gasteiger partial charge on any atom is -0.481 e. The highest BCUT2D eigenvalue weighted by atomic mass is 35.5. The van der Waals surface area contributed by atoms with Gasteiger partial charge in [0.05, 0.1) is 39.7 Å². The summed E-state index contributed by atoms with van der Waals surface area (Å²) in [6.07, 6.45) is 4.07. The Bertz CT molecular complexity index is 2280. The van der Waals surface area contributed by atoms with Gasteiger partial charge >= 0.3 is 6.18 Å². The third kappa shape index (κ3) is 8.29. The standard InChI is InChI=1S/C19H15FN2O4.C15H10ClF3N2O6S/c1-2-7-21-15-9-14(13(20)8-16(15)26-10-17(21)23)22-18(24)11-5-3-4-6-12(11)19(22)25;1-28(25,26)20-14(22)10-7-9(3-4-12(10)21(23)24)27-13-5-2-8(6-11(13)16)15(17,18)19/h1,8-9H,3-7,10H2;2-7H,1H3,(H,20,22). The predicted molar refractivity (Wildman–Crippen MR) is 183 cm³/mol. The lowest BCUT2D eigenvalue weighted by Gasteiger charge is -2.29. The van der Waals surface area contributed by atoms with E-state index < -0.39 is 66.5 Å². The molecule has 3 aromatic carbocycles. The maximum absolute atomic E-state index is 14.7. The number of amides is 4. The molecule has 14 nitrogen and oxygen atoms in total. The molecule has 3 aromatic rings. The lowest BCUT2D eigenvalue weighted by molar-refractivity contribution is -0.385. The van der Waals surface area contributed by atoms with Gasteiger partial charge in [0.15, 0.2) is 12.4 Å². The van der Waals surface area contributed by atoms with Crippen LogP contribution < -0.4 is 24.0 Å². The summed E-state index contributed by atoms with van der Waals surface area (Å²) >= 11 is 5.76. The molecule has 0 fully saturated rings. The van der Waals surface area contributed by atoms with Gasteiger partial charge in [0.1, 0.15) is 22.8 Å². The Balaban J connectivity index is 0.000000208. The minimum atomic E-state index is -4.62. The van der Waals surface area contributed by atoms with Gasteiger partial charge in [-0.15, -0.1) is 6.42 Å². The van der Waals surface area contributed by atoms with E-state index in [9.17, 15) is 55.3 Å². The molecular weight excluding hydrogens is 768 g/mol. The number of nitro benzene ring substituents is 1. The molecule has 0 bridgehead atoms. The zero-order valence-electron chi connectivity index (χ0n) is 27.7. The number of benzene rings is 3. The third-order valence-electron chi connectivity index (χ3n) is 8.03. The lowest BCUT2D eigenvalue weighted by Crippen LogP contribution is -2.39. The van der Waals surface area contributed by atoms with Crippen molar-refractivity contribution >= 4 is 62.3 Å². The molecule has 0 saturated heterocycles. The number of terminal acetylenes is 1. The Morgan fingerprint density at radius 2 is 1.70 bits per heavy atom. The summed E-state index contributed by atoms with van der Waals surface area (Å²) in [4.78, 5) is 61.7. The third-order valence-corrected chi connectivity index (χ3v) is 8.88. The van der Waals surface area contributed by atoms with Crippen molar-refractivity contribution in [3.8, 4) is 29.6 Å². The van der Waals surface area contributed by atoms with E-state index in [2.05, 4.69) is 5.92 Å². The van der Waals surface area contributed by atoms with Gasteiger partial charge in [-0.1, -0.05) is 17.5 Å². The first-order valence-electron chi connectivity index (χ1n) is 15.5. The molecule has 0 radical (unpaired) electrons. The Kier molecular flexibility index (Phi) is 11.0. The van der Waals surface area contributed by atoms with E-state index in [-0.39, 0.29) is 47.7 Å². The number of rotatable bonds is 7. The summed E-state index contributed by atoms with van der Waals surface area (Å²) in [5, 5.41) is 10.7. The molecule has 6 rings (SSSR count). The van der Waals surface area contributed by atoms with Crippen LogP contribution in [0.1, 0.15) is 41.6 Å². The molecule has 0 saturated carbocycles. The quantitative estimate of drug-likeness (QED) is 0.103. The first-order chi connectivity index (χ1) is 25.3. The van der Waals surface area contributed by atoms with E-state index in [4.69, 9.17) is 27.5 Å². The molecule has 3 aliphatic rings. The van der Waals surface area contributed by atoms with Crippen molar-refractivity contribution in [2.24, 2.45) is 0 Å². The largest absolute Gasteiger partial charge is 0.481 e. The van der Waals surface area contributed by atoms with Gasteiger partial charge in [0.2, 0.25) is 10.0 Å². The van der Waals surface area contributed by atoms with Crippen molar-refractivity contribution in [2.75, 3.05) is 29.2 Å². The van der Waals surface area contributed by atoms with Crippen LogP contribution in [0, 0.1) is 28.3 Å². The molecule has 2 heterocycles. The van der Waals surface area contributed by atoms with Crippen molar-refractivity contribution < 1.29 is 59.6 Å². The number of hydrogen-bond donors (Lipinski definition) is 1. The van der Waals surface area contributed by atoms with Gasteiger partial charge < -0.3 is 9.47 Å². The average Bonchev–Trinajstić information content (AvgIpc) is 3.34. The van der Waals surface area contributed by atoms with E-state index in [0.29, 0.717) is 42.4 Å². The van der Waals surface area contributed by atoms with Crippen LogP contribution in [-0.4, -0.2) is 56.4 Å². The Morgan fingerprint density at radius 3 is 2.26 bits per heavy atom. The fourth-order valence-electron chi connectivity index (χ4n) is 5.64. The second-order valence-corrected chi connectivity index (χ2v) is 13.9. The number of carbonyl (C=O) groups is 4. The van der Waals surface area contributed by atoms with Crippen LogP contribution in [0.4, 0.5) is 34.6 Å². The number of nitrogens with zero attached hydrogens (tertiary/aromatic N) is 3. The molecule has 0 unspecified atom stereocenters. The highest BCUT2D eigenvalue weighted by molar-refractivity contribution is 7.89. The lowest BCUT2D eigenvalue weighted by atomic mass is 9.93. The molecule has 2 aliphatic heterocycles. The van der Waals surface area contributed by atoms with Crippen LogP contribution in [0.3, 0.4) is 0 Å². The fraction of sp³-hybridized carbons (Fsp3) is 0.235. The smallest absolute Gasteiger partial charge is 0.416 e. The van der Waals surface area contributed by atoms with Crippen molar-refractivity contribution in [1.82, 2.24) is 4.72 Å². The number of alkyl halides is 3. The second-order valence-electron chi connectivity index (χ2n) is 11.7. The van der Waals surface area contributed by atoms with E-state index in [0.717, 1.165) is 48.1 Å². The van der Waals surface area contributed by atoms with Crippen LogP contribution in [0.5, 0.6) is 17.2 Å². The molecule has 0 atom stereocenters. The number of nitrogens with one attached hydrogen (secondary N) is 1. The number of imide groups is 1. The van der Waals surface area contributed by atoms with E-state index >= 15 is 0 Å². The summed E-state index contributed by atoms with van der Waals surface area (Å²) in [5.74, 6) is -1.27. The summed E-state index contributed by atoms with van der Waals surface area (Å²) in [5.41, 5.74) is -1.35. The summed E-state index contributed by atoms with van der Waals surface area (Å²) in [7, 11) is -4.00. The zero-order chi connectivity index (χ0) is 39.7. The minimum absolute atomic E-state index is 0.0170. The molecule has 282 valence electrons. The van der Waals surface area contributed by atoms with Crippen LogP contribution in [-0.2, 0) is 30.6 Å². The number of sulfonamides is 1. The van der Waals surface area contributed by atoms with Gasteiger partial charge in [-0.25, -0.2) is 22.4 Å². The highest BCUT2D eigenvalue weighted by Gasteiger charge is 2.42. The van der Waals surface area contributed by atoms with Crippen molar-refractivity contribution in [2.45, 2.75) is 31.9 Å². The number of nitro groups is 1. The SMILES string of the molecule is C#CCN1C(=O)COc2cc(F)c(N3C(=O)C4=C(CCCC4)C3=O)cc21.CS(=O)(=O)NC(=O)c1cc(Oc2ccc(C(F)(F)F)cc2Cl)ccc1[N+](=O)[O-]. The Hall–Kier alpha value is -6.00. The Labute approximate surface area is 308 Å². The van der Waals surface area contributed by atoms with E-state index in [1.54, 1.807) is 4.72 Å². The fourth-order valence-corrected chi connectivity index (χ4v) is 6.30. The summed E-state index contributed by atoms with van der Waals surface area (Å²) in [6, 6.07) is 7.46. The zero-order valence-corrected chi connectivity index (χ0v) is 29.2. The van der Waals surface area contributed by atoms with Gasteiger partial charge in [-0.2, -0.15) is 13.2 Å². The molecule has 1 aliphatic carbocycles. The molecular formula is C34H25ClF4N4O10S. The van der Waals surface area contributed by atoms with Crippen LogP contribution in [0.2, 0.25) is 5.02 Å². The van der Waals surface area contributed by atoms with E-state index in [1.807, 2.05) is 0 Å². The monoisotopic (exact) mass is 792 g/mol.